The summed E-state index contributed by atoms with van der Waals surface area (Å²) < 4.78 is 19.0. The zero-order valence-corrected chi connectivity index (χ0v) is 9.72. The number of furan rings is 1. The molecule has 1 atom stereocenters. The molecule has 0 amide bonds. The zero-order valence-electron chi connectivity index (χ0n) is 8.97. The minimum Gasteiger partial charge on any atom is -0.456 e. The first-order valence-corrected chi connectivity index (χ1v) is 5.64. The summed E-state index contributed by atoms with van der Waals surface area (Å²) in [4.78, 5) is 0. The number of hydrogen-bond acceptors (Lipinski definition) is 2. The summed E-state index contributed by atoms with van der Waals surface area (Å²) in [5.74, 6) is 0.0899. The van der Waals surface area contributed by atoms with Crippen molar-refractivity contribution in [2.45, 2.75) is 25.8 Å². The molecule has 2 N–H and O–H groups in total. The Labute approximate surface area is 98.2 Å². The van der Waals surface area contributed by atoms with Crippen LogP contribution in [0.1, 0.15) is 31.6 Å². The number of hydrogen-bond donors (Lipinski definition) is 1. The molecule has 1 heterocycles. The van der Waals surface area contributed by atoms with Crippen molar-refractivity contribution in [3.05, 3.63) is 34.8 Å². The van der Waals surface area contributed by atoms with E-state index in [4.69, 9.17) is 21.8 Å². The summed E-state index contributed by atoms with van der Waals surface area (Å²) in [5.41, 5.74) is 6.10. The first-order valence-electron chi connectivity index (χ1n) is 5.26. The van der Waals surface area contributed by atoms with Gasteiger partial charge < -0.3 is 10.2 Å². The van der Waals surface area contributed by atoms with E-state index in [-0.39, 0.29) is 16.6 Å². The molecule has 0 aliphatic rings. The summed E-state index contributed by atoms with van der Waals surface area (Å²) in [5, 5.41) is 0.765. The fourth-order valence-corrected chi connectivity index (χ4v) is 1.85. The van der Waals surface area contributed by atoms with E-state index in [9.17, 15) is 4.39 Å². The molecular formula is C12H13ClFNO. The predicted octanol–water partition coefficient (Wildman–Crippen LogP) is 4.03. The Balaban J connectivity index is 2.48. The van der Waals surface area contributed by atoms with Crippen LogP contribution in [0.5, 0.6) is 0 Å². The molecule has 16 heavy (non-hydrogen) atoms. The highest BCUT2D eigenvalue weighted by Crippen LogP contribution is 2.30. The third-order valence-electron chi connectivity index (χ3n) is 2.56. The van der Waals surface area contributed by atoms with Crippen LogP contribution in [0.4, 0.5) is 4.39 Å². The van der Waals surface area contributed by atoms with Crippen LogP contribution in [-0.2, 0) is 0 Å². The Hall–Kier alpha value is -1.06. The van der Waals surface area contributed by atoms with Gasteiger partial charge in [0, 0.05) is 5.39 Å². The first-order chi connectivity index (χ1) is 7.63. The molecule has 86 valence electrons. The van der Waals surface area contributed by atoms with Crippen LogP contribution in [0.3, 0.4) is 0 Å². The smallest absolute Gasteiger partial charge is 0.184 e. The topological polar surface area (TPSA) is 39.2 Å². The molecule has 0 aliphatic heterocycles. The van der Waals surface area contributed by atoms with Crippen LogP contribution in [-0.4, -0.2) is 0 Å². The highest BCUT2D eigenvalue weighted by molar-refractivity contribution is 6.31. The van der Waals surface area contributed by atoms with Gasteiger partial charge in [0.25, 0.3) is 0 Å². The van der Waals surface area contributed by atoms with Crippen molar-refractivity contribution in [1.29, 1.82) is 0 Å². The Morgan fingerprint density at radius 2 is 2.25 bits per heavy atom. The van der Waals surface area contributed by atoms with Crippen molar-refractivity contribution in [2.24, 2.45) is 5.73 Å². The quantitative estimate of drug-likeness (QED) is 0.881. The molecule has 0 fully saturated rings. The highest BCUT2D eigenvalue weighted by atomic mass is 35.5. The van der Waals surface area contributed by atoms with E-state index in [1.807, 2.05) is 6.92 Å². The van der Waals surface area contributed by atoms with Gasteiger partial charge in [-0.05, 0) is 24.6 Å². The van der Waals surface area contributed by atoms with Crippen LogP contribution < -0.4 is 5.73 Å². The SMILES string of the molecule is CCCC(N)c1cc2ccc(Cl)c(F)c2o1. The minimum absolute atomic E-state index is 0.0671. The number of benzene rings is 1. The van der Waals surface area contributed by atoms with Crippen LogP contribution in [0, 0.1) is 5.82 Å². The summed E-state index contributed by atoms with van der Waals surface area (Å²) in [6, 6.07) is 4.83. The molecule has 0 aliphatic carbocycles. The van der Waals surface area contributed by atoms with Gasteiger partial charge in [0.1, 0.15) is 5.76 Å². The lowest BCUT2D eigenvalue weighted by Gasteiger charge is -2.04. The van der Waals surface area contributed by atoms with Crippen LogP contribution in [0.15, 0.2) is 22.6 Å². The summed E-state index contributed by atoms with van der Waals surface area (Å²) in [7, 11) is 0. The largest absolute Gasteiger partial charge is 0.456 e. The molecule has 0 bridgehead atoms. The molecule has 1 aromatic heterocycles. The second-order valence-electron chi connectivity index (χ2n) is 3.82. The molecular weight excluding hydrogens is 229 g/mol. The van der Waals surface area contributed by atoms with E-state index in [2.05, 4.69) is 0 Å². The third kappa shape index (κ3) is 1.93. The molecule has 2 nitrogen and oxygen atoms in total. The molecule has 2 rings (SSSR count). The lowest BCUT2D eigenvalue weighted by Crippen LogP contribution is -2.08. The van der Waals surface area contributed by atoms with Gasteiger partial charge in [-0.1, -0.05) is 24.9 Å². The van der Waals surface area contributed by atoms with Gasteiger partial charge in [-0.25, -0.2) is 4.39 Å². The molecule has 4 heteroatoms. The zero-order chi connectivity index (χ0) is 11.7. The highest BCUT2D eigenvalue weighted by Gasteiger charge is 2.15. The molecule has 1 aromatic carbocycles. The lowest BCUT2D eigenvalue weighted by atomic mass is 10.1. The fourth-order valence-electron chi connectivity index (χ4n) is 1.70. The van der Waals surface area contributed by atoms with E-state index in [0.29, 0.717) is 11.1 Å². The van der Waals surface area contributed by atoms with Gasteiger partial charge in [0.2, 0.25) is 0 Å². The van der Waals surface area contributed by atoms with Crippen LogP contribution in [0.2, 0.25) is 5.02 Å². The van der Waals surface area contributed by atoms with Crippen molar-refractivity contribution in [3.63, 3.8) is 0 Å². The van der Waals surface area contributed by atoms with Crippen LogP contribution in [0.25, 0.3) is 11.0 Å². The van der Waals surface area contributed by atoms with Crippen molar-refractivity contribution >= 4 is 22.6 Å². The van der Waals surface area contributed by atoms with Crippen LogP contribution >= 0.6 is 11.6 Å². The van der Waals surface area contributed by atoms with E-state index < -0.39 is 5.82 Å². The molecule has 0 saturated heterocycles. The van der Waals surface area contributed by atoms with Crippen molar-refractivity contribution < 1.29 is 8.81 Å². The standard InChI is InChI=1S/C12H13ClFNO/c1-2-3-9(15)10-6-7-4-5-8(13)11(14)12(7)16-10/h4-6,9H,2-3,15H2,1H3. The number of rotatable bonds is 3. The summed E-state index contributed by atoms with van der Waals surface area (Å²) in [6.07, 6.45) is 1.77. The van der Waals surface area contributed by atoms with Gasteiger partial charge in [0.15, 0.2) is 11.4 Å². The predicted molar refractivity (Wildman–Crippen MR) is 63.0 cm³/mol. The first kappa shape index (κ1) is 11.4. The number of fused-ring (bicyclic) bond motifs is 1. The maximum Gasteiger partial charge on any atom is 0.184 e. The molecule has 0 saturated carbocycles. The Morgan fingerprint density at radius 3 is 2.94 bits per heavy atom. The maximum atomic E-state index is 13.6. The second-order valence-corrected chi connectivity index (χ2v) is 4.23. The average molecular weight is 242 g/mol. The Morgan fingerprint density at radius 1 is 1.50 bits per heavy atom. The molecule has 2 aromatic rings. The number of nitrogens with two attached hydrogens (primary N) is 1. The van der Waals surface area contributed by atoms with Gasteiger partial charge in [-0.2, -0.15) is 0 Å². The van der Waals surface area contributed by atoms with Crippen molar-refractivity contribution in [3.8, 4) is 0 Å². The summed E-state index contributed by atoms with van der Waals surface area (Å²) in [6.45, 7) is 2.04. The molecule has 0 spiro atoms. The van der Waals surface area contributed by atoms with Crippen molar-refractivity contribution in [2.75, 3.05) is 0 Å². The second kappa shape index (κ2) is 4.44. The Bertz CT molecular complexity index is 509. The lowest BCUT2D eigenvalue weighted by molar-refractivity contribution is 0.463. The van der Waals surface area contributed by atoms with Gasteiger partial charge in [0.05, 0.1) is 11.1 Å². The van der Waals surface area contributed by atoms with E-state index >= 15 is 0 Å². The third-order valence-corrected chi connectivity index (χ3v) is 2.86. The van der Waals surface area contributed by atoms with E-state index in [1.54, 1.807) is 12.1 Å². The molecule has 0 radical (unpaired) electrons. The maximum absolute atomic E-state index is 13.6. The van der Waals surface area contributed by atoms with Crippen molar-refractivity contribution in [1.82, 2.24) is 0 Å². The number of halogens is 2. The van der Waals surface area contributed by atoms with Gasteiger partial charge in [-0.3, -0.25) is 0 Å². The Kier molecular flexibility index (Phi) is 3.17. The van der Waals surface area contributed by atoms with Gasteiger partial charge >= 0.3 is 0 Å². The normalized spacial score (nSPS) is 13.2. The monoisotopic (exact) mass is 241 g/mol. The van der Waals surface area contributed by atoms with E-state index in [1.165, 1.54) is 6.07 Å². The minimum atomic E-state index is -0.519. The average Bonchev–Trinajstić information content (AvgIpc) is 2.69. The van der Waals surface area contributed by atoms with Gasteiger partial charge in [-0.15, -0.1) is 0 Å². The fraction of sp³-hybridized carbons (Fsp3) is 0.333. The molecule has 1 unspecified atom stereocenters. The summed E-state index contributed by atoms with van der Waals surface area (Å²) >= 11 is 5.67. The van der Waals surface area contributed by atoms with E-state index in [0.717, 1.165) is 12.8 Å².